The highest BCUT2D eigenvalue weighted by atomic mass is 32.2. The molecule has 0 fully saturated rings. The minimum atomic E-state index is -3.90. The Bertz CT molecular complexity index is 1200. The minimum absolute atomic E-state index is 0.156. The molecule has 0 saturated carbocycles. The van der Waals surface area contributed by atoms with Gasteiger partial charge in [-0.1, -0.05) is 60.2 Å². The molecule has 1 heterocycles. The van der Waals surface area contributed by atoms with Gasteiger partial charge < -0.3 is 9.67 Å². The van der Waals surface area contributed by atoms with Crippen LogP contribution >= 0.6 is 0 Å². The first kappa shape index (κ1) is 18.4. The number of benzene rings is 3. The Morgan fingerprint density at radius 1 is 0.893 bits per heavy atom. The standard InChI is InChI=1S/C22H20N2O3S/c1-16-11-13-17(14-12-16)21(25)22(28(26,27)18-7-3-2-4-8-18)24-15-23-19-9-5-6-10-20(19)24/h2-15,21-22,25H,1H3. The molecular formula is C22H20N2O3S. The third-order valence-corrected chi connectivity index (χ3v) is 6.88. The van der Waals surface area contributed by atoms with Gasteiger partial charge in [-0.3, -0.25) is 0 Å². The maximum atomic E-state index is 13.5. The summed E-state index contributed by atoms with van der Waals surface area (Å²) in [5.74, 6) is 0. The van der Waals surface area contributed by atoms with Crippen LogP contribution in [0.5, 0.6) is 0 Å². The predicted octanol–water partition coefficient (Wildman–Crippen LogP) is 4.05. The molecular weight excluding hydrogens is 372 g/mol. The number of hydrogen-bond acceptors (Lipinski definition) is 4. The van der Waals surface area contributed by atoms with Crippen LogP contribution in [0.1, 0.15) is 22.6 Å². The molecule has 142 valence electrons. The zero-order valence-electron chi connectivity index (χ0n) is 15.3. The molecule has 0 aliphatic rings. The van der Waals surface area contributed by atoms with Crippen LogP contribution in [0.25, 0.3) is 11.0 Å². The van der Waals surface area contributed by atoms with Gasteiger partial charge >= 0.3 is 0 Å². The molecule has 3 aromatic carbocycles. The lowest BCUT2D eigenvalue weighted by atomic mass is 10.1. The molecule has 0 aliphatic heterocycles. The lowest BCUT2D eigenvalue weighted by Crippen LogP contribution is -2.26. The van der Waals surface area contributed by atoms with E-state index in [-0.39, 0.29) is 4.90 Å². The van der Waals surface area contributed by atoms with Crippen molar-refractivity contribution in [2.45, 2.75) is 23.3 Å². The van der Waals surface area contributed by atoms with E-state index < -0.39 is 21.3 Å². The number of aliphatic hydroxyl groups excluding tert-OH is 1. The minimum Gasteiger partial charge on any atom is -0.385 e. The van der Waals surface area contributed by atoms with Crippen LogP contribution in [0.3, 0.4) is 0 Å². The number of rotatable bonds is 5. The zero-order valence-corrected chi connectivity index (χ0v) is 16.1. The van der Waals surface area contributed by atoms with Gasteiger partial charge in [0.2, 0.25) is 9.84 Å². The average molecular weight is 392 g/mol. The number of sulfone groups is 1. The van der Waals surface area contributed by atoms with Crippen molar-refractivity contribution in [2.24, 2.45) is 0 Å². The van der Waals surface area contributed by atoms with E-state index in [2.05, 4.69) is 4.98 Å². The Morgan fingerprint density at radius 2 is 1.54 bits per heavy atom. The molecule has 0 radical (unpaired) electrons. The molecule has 5 nitrogen and oxygen atoms in total. The van der Waals surface area contributed by atoms with Gasteiger partial charge in [-0.15, -0.1) is 0 Å². The van der Waals surface area contributed by atoms with Gasteiger partial charge in [-0.2, -0.15) is 0 Å². The van der Waals surface area contributed by atoms with Crippen molar-refractivity contribution in [3.8, 4) is 0 Å². The van der Waals surface area contributed by atoms with Gasteiger partial charge in [0.25, 0.3) is 0 Å². The van der Waals surface area contributed by atoms with Gasteiger partial charge in [-0.25, -0.2) is 13.4 Å². The number of fused-ring (bicyclic) bond motifs is 1. The lowest BCUT2D eigenvalue weighted by molar-refractivity contribution is 0.149. The second-order valence-corrected chi connectivity index (χ2v) is 8.79. The smallest absolute Gasteiger partial charge is 0.202 e. The predicted molar refractivity (Wildman–Crippen MR) is 109 cm³/mol. The van der Waals surface area contributed by atoms with Crippen molar-refractivity contribution in [2.75, 3.05) is 0 Å². The molecule has 1 aromatic heterocycles. The first-order valence-corrected chi connectivity index (χ1v) is 10.5. The van der Waals surface area contributed by atoms with Crippen molar-refractivity contribution in [1.29, 1.82) is 0 Å². The highest BCUT2D eigenvalue weighted by molar-refractivity contribution is 7.91. The molecule has 2 unspecified atom stereocenters. The number of imidazole rings is 1. The summed E-state index contributed by atoms with van der Waals surface area (Å²) in [4.78, 5) is 4.48. The number of aromatic nitrogens is 2. The maximum Gasteiger partial charge on any atom is 0.202 e. The van der Waals surface area contributed by atoms with Crippen molar-refractivity contribution < 1.29 is 13.5 Å². The molecule has 2 atom stereocenters. The van der Waals surface area contributed by atoms with Crippen LogP contribution in [0.4, 0.5) is 0 Å². The second-order valence-electron chi connectivity index (χ2n) is 6.74. The molecule has 0 saturated heterocycles. The molecule has 28 heavy (non-hydrogen) atoms. The van der Waals surface area contributed by atoms with E-state index in [1.54, 1.807) is 53.1 Å². The van der Waals surface area contributed by atoms with E-state index >= 15 is 0 Å². The van der Waals surface area contributed by atoms with E-state index in [1.807, 2.05) is 37.3 Å². The Hall–Kier alpha value is -2.96. The van der Waals surface area contributed by atoms with Crippen LogP contribution in [0, 0.1) is 6.92 Å². The number of nitrogens with zero attached hydrogens (tertiary/aromatic N) is 2. The SMILES string of the molecule is Cc1ccc(C(O)C(n2cnc3ccccc32)S(=O)(=O)c2ccccc2)cc1. The van der Waals surface area contributed by atoms with E-state index in [4.69, 9.17) is 0 Å². The van der Waals surface area contributed by atoms with Crippen molar-refractivity contribution in [1.82, 2.24) is 9.55 Å². The van der Waals surface area contributed by atoms with Crippen LogP contribution in [0.15, 0.2) is 90.1 Å². The summed E-state index contributed by atoms with van der Waals surface area (Å²) in [6.45, 7) is 1.94. The summed E-state index contributed by atoms with van der Waals surface area (Å²) in [6.07, 6.45) is 0.219. The van der Waals surface area contributed by atoms with E-state index in [1.165, 1.54) is 6.33 Å². The second kappa shape index (κ2) is 7.22. The largest absolute Gasteiger partial charge is 0.385 e. The van der Waals surface area contributed by atoms with E-state index in [0.29, 0.717) is 16.6 Å². The normalized spacial score (nSPS) is 14.1. The van der Waals surface area contributed by atoms with Crippen molar-refractivity contribution in [3.63, 3.8) is 0 Å². The Morgan fingerprint density at radius 3 is 2.25 bits per heavy atom. The third-order valence-electron chi connectivity index (χ3n) is 4.83. The fourth-order valence-corrected chi connectivity index (χ4v) is 5.11. The summed E-state index contributed by atoms with van der Waals surface area (Å²) in [7, 11) is -3.90. The summed E-state index contributed by atoms with van der Waals surface area (Å²) < 4.78 is 28.6. The number of aryl methyl sites for hydroxylation is 1. The molecule has 4 aromatic rings. The zero-order chi connectivity index (χ0) is 19.7. The van der Waals surface area contributed by atoms with Crippen molar-refractivity contribution in [3.05, 3.63) is 96.3 Å². The lowest BCUT2D eigenvalue weighted by Gasteiger charge is -2.25. The third kappa shape index (κ3) is 3.21. The van der Waals surface area contributed by atoms with Gasteiger partial charge in [0.05, 0.1) is 22.3 Å². The van der Waals surface area contributed by atoms with Crippen LogP contribution < -0.4 is 0 Å². The molecule has 0 amide bonds. The Kier molecular flexibility index (Phi) is 4.75. The number of hydrogen-bond donors (Lipinski definition) is 1. The van der Waals surface area contributed by atoms with Crippen LogP contribution in [0.2, 0.25) is 0 Å². The Labute approximate surface area is 163 Å². The van der Waals surface area contributed by atoms with Gasteiger partial charge in [-0.05, 0) is 36.8 Å². The van der Waals surface area contributed by atoms with Gasteiger partial charge in [0.15, 0.2) is 5.37 Å². The van der Waals surface area contributed by atoms with Gasteiger partial charge in [0, 0.05) is 0 Å². The molecule has 4 rings (SSSR count). The van der Waals surface area contributed by atoms with Gasteiger partial charge in [0.1, 0.15) is 6.10 Å². The summed E-state index contributed by atoms with van der Waals surface area (Å²) >= 11 is 0. The quantitative estimate of drug-likeness (QED) is 0.556. The van der Waals surface area contributed by atoms with E-state index in [9.17, 15) is 13.5 Å². The monoisotopic (exact) mass is 392 g/mol. The topological polar surface area (TPSA) is 72.2 Å². The van der Waals surface area contributed by atoms with E-state index in [0.717, 1.165) is 5.56 Å². The first-order chi connectivity index (χ1) is 13.5. The fraction of sp³-hybridized carbons (Fsp3) is 0.136. The highest BCUT2D eigenvalue weighted by Gasteiger charge is 2.37. The summed E-state index contributed by atoms with van der Waals surface area (Å²) in [6, 6.07) is 22.7. The molecule has 6 heteroatoms. The average Bonchev–Trinajstić information content (AvgIpc) is 3.13. The maximum absolute atomic E-state index is 13.5. The number of para-hydroxylation sites is 2. The molecule has 0 spiro atoms. The van der Waals surface area contributed by atoms with Crippen molar-refractivity contribution >= 4 is 20.9 Å². The van der Waals surface area contributed by atoms with Crippen LogP contribution in [-0.2, 0) is 9.84 Å². The first-order valence-electron chi connectivity index (χ1n) is 8.93. The summed E-state index contributed by atoms with van der Waals surface area (Å²) in [5, 5.41) is 9.93. The highest BCUT2D eigenvalue weighted by Crippen LogP contribution is 2.37. The number of aliphatic hydroxyl groups is 1. The Balaban J connectivity index is 1.92. The fourth-order valence-electron chi connectivity index (χ4n) is 3.33. The van der Waals surface area contributed by atoms with Crippen LogP contribution in [-0.4, -0.2) is 23.1 Å². The molecule has 0 aliphatic carbocycles. The molecule has 0 bridgehead atoms. The summed E-state index contributed by atoms with van der Waals surface area (Å²) in [5.41, 5.74) is 2.89. The molecule has 1 N–H and O–H groups in total.